The minimum Gasteiger partial charge on any atom is -0.394 e. The Kier molecular flexibility index (Phi) is 3.33. The van der Waals surface area contributed by atoms with E-state index in [1.54, 1.807) is 6.92 Å². The van der Waals surface area contributed by atoms with Crippen molar-refractivity contribution in [2.24, 2.45) is 0 Å². The molecule has 4 atom stereocenters. The first-order valence-corrected chi connectivity index (χ1v) is 5.39. The van der Waals surface area contributed by atoms with E-state index < -0.39 is 36.9 Å². The molecule has 18 heavy (non-hydrogen) atoms. The number of aromatic nitrogens is 2. The standard InChI is InChI=1S/C10H14FN3O4/c1-4-2-14(10(17)13-8(4)12)9-6(11)7(16)5(3-15)18-9/h2,5-7,9,15-16H,3H2,1H3,(H2,12,13,17)/t5-,6?,7?,9-/m1/s1. The van der Waals surface area contributed by atoms with Gasteiger partial charge in [0.15, 0.2) is 12.4 Å². The van der Waals surface area contributed by atoms with E-state index in [0.29, 0.717) is 5.56 Å². The zero-order chi connectivity index (χ0) is 13.4. The Morgan fingerprint density at radius 3 is 2.89 bits per heavy atom. The zero-order valence-electron chi connectivity index (χ0n) is 9.65. The molecule has 100 valence electrons. The van der Waals surface area contributed by atoms with Crippen LogP contribution in [-0.2, 0) is 4.74 Å². The highest BCUT2D eigenvalue weighted by Gasteiger charge is 2.45. The smallest absolute Gasteiger partial charge is 0.351 e. The second-order valence-electron chi connectivity index (χ2n) is 4.18. The molecule has 2 heterocycles. The minimum atomic E-state index is -1.82. The first-order valence-electron chi connectivity index (χ1n) is 5.39. The molecule has 0 spiro atoms. The average Bonchev–Trinajstić information content (AvgIpc) is 2.61. The molecule has 2 unspecified atom stereocenters. The van der Waals surface area contributed by atoms with Crippen molar-refractivity contribution in [2.45, 2.75) is 31.5 Å². The van der Waals surface area contributed by atoms with E-state index in [2.05, 4.69) is 4.98 Å². The molecule has 0 saturated carbocycles. The number of aryl methyl sites for hydroxylation is 1. The quantitative estimate of drug-likeness (QED) is 0.610. The van der Waals surface area contributed by atoms with Crippen LogP contribution in [0.1, 0.15) is 11.8 Å². The fourth-order valence-corrected chi connectivity index (χ4v) is 1.84. The van der Waals surface area contributed by atoms with Crippen LogP contribution in [0.25, 0.3) is 0 Å². The van der Waals surface area contributed by atoms with Gasteiger partial charge in [-0.2, -0.15) is 4.98 Å². The molecule has 0 aromatic carbocycles. The van der Waals surface area contributed by atoms with Crippen molar-refractivity contribution < 1.29 is 19.3 Å². The summed E-state index contributed by atoms with van der Waals surface area (Å²) in [6.07, 6.45) is -4.35. The summed E-state index contributed by atoms with van der Waals surface area (Å²) in [5, 5.41) is 18.4. The average molecular weight is 259 g/mol. The van der Waals surface area contributed by atoms with Crippen LogP contribution in [0.3, 0.4) is 0 Å². The van der Waals surface area contributed by atoms with Gasteiger partial charge < -0.3 is 20.7 Å². The van der Waals surface area contributed by atoms with Crippen LogP contribution >= 0.6 is 0 Å². The molecule has 1 saturated heterocycles. The lowest BCUT2D eigenvalue weighted by atomic mass is 10.1. The topological polar surface area (TPSA) is 111 Å². The lowest BCUT2D eigenvalue weighted by Crippen LogP contribution is -2.34. The van der Waals surface area contributed by atoms with Crippen LogP contribution in [0, 0.1) is 6.92 Å². The van der Waals surface area contributed by atoms with Gasteiger partial charge in [0.25, 0.3) is 0 Å². The number of aliphatic hydroxyl groups is 2. The van der Waals surface area contributed by atoms with Gasteiger partial charge in [-0.3, -0.25) is 4.57 Å². The second-order valence-corrected chi connectivity index (χ2v) is 4.18. The summed E-state index contributed by atoms with van der Waals surface area (Å²) >= 11 is 0. The van der Waals surface area contributed by atoms with E-state index in [1.807, 2.05) is 0 Å². The molecule has 1 aliphatic heterocycles. The Bertz CT molecular complexity index is 506. The molecule has 0 bridgehead atoms. The summed E-state index contributed by atoms with van der Waals surface area (Å²) < 4.78 is 19.8. The maximum atomic E-state index is 13.8. The maximum Gasteiger partial charge on any atom is 0.351 e. The maximum absolute atomic E-state index is 13.8. The number of nitrogen functional groups attached to an aromatic ring is 1. The molecular formula is C10H14FN3O4. The number of halogens is 1. The van der Waals surface area contributed by atoms with Crippen LogP contribution in [0.15, 0.2) is 11.0 Å². The molecule has 7 nitrogen and oxygen atoms in total. The van der Waals surface area contributed by atoms with Crippen LogP contribution in [0.4, 0.5) is 10.2 Å². The van der Waals surface area contributed by atoms with E-state index in [9.17, 15) is 14.3 Å². The van der Waals surface area contributed by atoms with Gasteiger partial charge in [0, 0.05) is 11.8 Å². The number of alkyl halides is 1. The van der Waals surface area contributed by atoms with Crippen LogP contribution in [0.2, 0.25) is 0 Å². The van der Waals surface area contributed by atoms with Crippen LogP contribution in [-0.4, -0.2) is 44.8 Å². The van der Waals surface area contributed by atoms with Crippen LogP contribution in [0.5, 0.6) is 0 Å². The molecule has 0 radical (unpaired) electrons. The van der Waals surface area contributed by atoms with Gasteiger partial charge in [0.05, 0.1) is 6.61 Å². The summed E-state index contributed by atoms with van der Waals surface area (Å²) in [6, 6.07) is 0. The Hall–Kier alpha value is -1.51. The largest absolute Gasteiger partial charge is 0.394 e. The van der Waals surface area contributed by atoms with Crippen molar-refractivity contribution in [2.75, 3.05) is 12.3 Å². The third-order valence-corrected chi connectivity index (χ3v) is 2.92. The highest BCUT2D eigenvalue weighted by atomic mass is 19.1. The van der Waals surface area contributed by atoms with E-state index in [-0.39, 0.29) is 5.82 Å². The molecule has 1 aromatic heterocycles. The van der Waals surface area contributed by atoms with Crippen molar-refractivity contribution in [1.29, 1.82) is 0 Å². The molecule has 0 amide bonds. The van der Waals surface area contributed by atoms with Crippen molar-refractivity contribution in [1.82, 2.24) is 9.55 Å². The summed E-state index contributed by atoms with van der Waals surface area (Å²) in [4.78, 5) is 15.1. The lowest BCUT2D eigenvalue weighted by molar-refractivity contribution is -0.0491. The van der Waals surface area contributed by atoms with Crippen molar-refractivity contribution in [3.63, 3.8) is 0 Å². The number of hydrogen-bond acceptors (Lipinski definition) is 6. The number of anilines is 1. The summed E-state index contributed by atoms with van der Waals surface area (Å²) in [5.41, 5.74) is 5.18. The van der Waals surface area contributed by atoms with E-state index in [4.69, 9.17) is 15.6 Å². The molecule has 4 N–H and O–H groups in total. The summed E-state index contributed by atoms with van der Waals surface area (Å²) in [6.45, 7) is 1.08. The number of rotatable bonds is 2. The first kappa shape index (κ1) is 12.9. The molecular weight excluding hydrogens is 245 g/mol. The van der Waals surface area contributed by atoms with Gasteiger partial charge in [-0.05, 0) is 6.92 Å². The molecule has 1 aliphatic rings. The Morgan fingerprint density at radius 1 is 1.67 bits per heavy atom. The number of aliphatic hydroxyl groups excluding tert-OH is 2. The zero-order valence-corrected chi connectivity index (χ0v) is 9.65. The van der Waals surface area contributed by atoms with Gasteiger partial charge in [0.1, 0.15) is 18.0 Å². The van der Waals surface area contributed by atoms with Crippen LogP contribution < -0.4 is 11.4 Å². The summed E-state index contributed by atoms with van der Waals surface area (Å²) in [5.74, 6) is 0.0592. The molecule has 8 heteroatoms. The molecule has 1 fully saturated rings. The van der Waals surface area contributed by atoms with Crippen molar-refractivity contribution >= 4 is 5.82 Å². The monoisotopic (exact) mass is 259 g/mol. The fraction of sp³-hybridized carbons (Fsp3) is 0.600. The second kappa shape index (κ2) is 4.63. The number of nitrogens with zero attached hydrogens (tertiary/aromatic N) is 2. The molecule has 1 aromatic rings. The van der Waals surface area contributed by atoms with Gasteiger partial charge in [0.2, 0.25) is 0 Å². The predicted molar refractivity (Wildman–Crippen MR) is 59.5 cm³/mol. The third kappa shape index (κ3) is 1.98. The Morgan fingerprint density at radius 2 is 2.33 bits per heavy atom. The first-order chi connectivity index (χ1) is 8.45. The highest BCUT2D eigenvalue weighted by Crippen LogP contribution is 2.30. The number of hydrogen-bond donors (Lipinski definition) is 3. The van der Waals surface area contributed by atoms with Gasteiger partial charge in [-0.1, -0.05) is 0 Å². The van der Waals surface area contributed by atoms with E-state index in [1.165, 1.54) is 6.20 Å². The van der Waals surface area contributed by atoms with Crippen molar-refractivity contribution in [3.05, 3.63) is 22.2 Å². The molecule has 0 aliphatic carbocycles. The van der Waals surface area contributed by atoms with Gasteiger partial charge in [-0.25, -0.2) is 9.18 Å². The van der Waals surface area contributed by atoms with Gasteiger partial charge in [-0.15, -0.1) is 0 Å². The molecule has 2 rings (SSSR count). The highest BCUT2D eigenvalue weighted by molar-refractivity contribution is 5.35. The van der Waals surface area contributed by atoms with E-state index >= 15 is 0 Å². The van der Waals surface area contributed by atoms with E-state index in [0.717, 1.165) is 4.57 Å². The lowest BCUT2D eigenvalue weighted by Gasteiger charge is -2.16. The van der Waals surface area contributed by atoms with Crippen molar-refractivity contribution in [3.8, 4) is 0 Å². The minimum absolute atomic E-state index is 0.0592. The number of ether oxygens (including phenoxy) is 1. The Balaban J connectivity index is 2.39. The normalized spacial score (nSPS) is 31.8. The predicted octanol–water partition coefficient (Wildman–Crippen LogP) is -1.28. The number of nitrogens with two attached hydrogens (primary N) is 1. The summed E-state index contributed by atoms with van der Waals surface area (Å²) in [7, 11) is 0. The van der Waals surface area contributed by atoms with Gasteiger partial charge >= 0.3 is 5.69 Å². The third-order valence-electron chi connectivity index (χ3n) is 2.92. The fourth-order valence-electron chi connectivity index (χ4n) is 1.84. The Labute approximate surface area is 102 Å². The SMILES string of the molecule is Cc1cn([C@@H]2O[C@H](CO)C(O)C2F)c(=O)nc1N.